The van der Waals surface area contributed by atoms with Gasteiger partial charge in [0.1, 0.15) is 11.6 Å². The van der Waals surface area contributed by atoms with E-state index in [4.69, 9.17) is 0 Å². The van der Waals surface area contributed by atoms with Crippen LogP contribution in [0.15, 0.2) is 30.5 Å². The molecule has 0 bridgehead atoms. The van der Waals surface area contributed by atoms with Crippen molar-refractivity contribution in [3.63, 3.8) is 0 Å². The van der Waals surface area contributed by atoms with E-state index in [0.29, 0.717) is 23.9 Å². The summed E-state index contributed by atoms with van der Waals surface area (Å²) in [5, 5.41) is 16.0. The van der Waals surface area contributed by atoms with E-state index in [1.807, 2.05) is 16.3 Å². The van der Waals surface area contributed by atoms with Crippen LogP contribution in [0, 0.1) is 5.82 Å². The number of amides is 1. The summed E-state index contributed by atoms with van der Waals surface area (Å²) < 4.78 is 17.1. The minimum absolute atomic E-state index is 0.0116. The molecule has 28 heavy (non-hydrogen) atoms. The van der Waals surface area contributed by atoms with Crippen LogP contribution in [0.1, 0.15) is 47.1 Å². The number of aromatic nitrogens is 5. The van der Waals surface area contributed by atoms with Gasteiger partial charge >= 0.3 is 0 Å². The molecule has 3 aromatic rings. The molecule has 7 nitrogen and oxygen atoms in total. The minimum Gasteiger partial charge on any atom is -0.347 e. The molecule has 0 saturated heterocycles. The van der Waals surface area contributed by atoms with Crippen LogP contribution < -0.4 is 5.32 Å². The maximum atomic E-state index is 13.2. The zero-order chi connectivity index (χ0) is 19.3. The summed E-state index contributed by atoms with van der Waals surface area (Å²) in [4.78, 5) is 12.9. The molecule has 1 aliphatic heterocycles. The lowest BCUT2D eigenvalue weighted by atomic mass is 10.1. The monoisotopic (exact) mass is 380 g/mol. The first-order chi connectivity index (χ1) is 13.6. The standard InChI is InChI=1S/C20H21FN6O/c1-26-18(12-2-3-12)16(10-22-26)20(28)23-15-8-9-17-24-25-19(27(17)11-15)13-4-6-14(21)7-5-13/h4-7,10,12,15H,2-3,8-9,11H2,1H3,(H,23,28). The zero-order valence-corrected chi connectivity index (χ0v) is 15.6. The lowest BCUT2D eigenvalue weighted by Gasteiger charge is -2.25. The SMILES string of the molecule is Cn1ncc(C(=O)NC2CCc3nnc(-c4ccc(F)cc4)n3C2)c1C1CC1. The van der Waals surface area contributed by atoms with Crippen LogP contribution in [-0.2, 0) is 20.0 Å². The summed E-state index contributed by atoms with van der Waals surface area (Å²) in [6.45, 7) is 0.597. The minimum atomic E-state index is -0.282. The number of hydrogen-bond donors (Lipinski definition) is 1. The van der Waals surface area contributed by atoms with Gasteiger partial charge in [0, 0.05) is 37.5 Å². The molecule has 1 aliphatic carbocycles. The van der Waals surface area contributed by atoms with Crippen molar-refractivity contribution in [1.82, 2.24) is 29.9 Å². The molecule has 1 atom stereocenters. The fourth-order valence-electron chi connectivity index (χ4n) is 3.98. The van der Waals surface area contributed by atoms with Crippen LogP contribution in [0.4, 0.5) is 4.39 Å². The zero-order valence-electron chi connectivity index (χ0n) is 15.6. The van der Waals surface area contributed by atoms with Crippen molar-refractivity contribution >= 4 is 5.91 Å². The molecule has 1 saturated carbocycles. The number of halogens is 1. The van der Waals surface area contributed by atoms with Crippen LogP contribution in [0.2, 0.25) is 0 Å². The second kappa shape index (κ2) is 6.54. The number of fused-ring (bicyclic) bond motifs is 1. The molecule has 144 valence electrons. The molecule has 1 aromatic carbocycles. The molecule has 0 radical (unpaired) electrons. The van der Waals surface area contributed by atoms with Crippen molar-refractivity contribution in [3.8, 4) is 11.4 Å². The molecule has 8 heteroatoms. The maximum absolute atomic E-state index is 13.2. The number of nitrogens with zero attached hydrogens (tertiary/aromatic N) is 5. The Hall–Kier alpha value is -3.03. The average molecular weight is 380 g/mol. The lowest BCUT2D eigenvalue weighted by Crippen LogP contribution is -2.41. The van der Waals surface area contributed by atoms with E-state index in [0.717, 1.165) is 42.8 Å². The Kier molecular flexibility index (Phi) is 3.99. The van der Waals surface area contributed by atoms with Crippen LogP contribution >= 0.6 is 0 Å². The molecule has 1 unspecified atom stereocenters. The van der Waals surface area contributed by atoms with Crippen LogP contribution in [0.3, 0.4) is 0 Å². The third-order valence-electron chi connectivity index (χ3n) is 5.58. The largest absolute Gasteiger partial charge is 0.347 e. The average Bonchev–Trinajstić information content (AvgIpc) is 3.32. The highest BCUT2D eigenvalue weighted by molar-refractivity contribution is 5.95. The van der Waals surface area contributed by atoms with Gasteiger partial charge in [-0.25, -0.2) is 4.39 Å². The fourth-order valence-corrected chi connectivity index (χ4v) is 3.98. The Bertz CT molecular complexity index is 1030. The van der Waals surface area contributed by atoms with Gasteiger partial charge in [-0.05, 0) is 43.5 Å². The number of carbonyl (C=O) groups is 1. The van der Waals surface area contributed by atoms with Gasteiger partial charge < -0.3 is 9.88 Å². The van der Waals surface area contributed by atoms with E-state index < -0.39 is 0 Å². The Morgan fingerprint density at radius 3 is 2.71 bits per heavy atom. The van der Waals surface area contributed by atoms with Gasteiger partial charge in [0.05, 0.1) is 17.5 Å². The van der Waals surface area contributed by atoms with Crippen molar-refractivity contribution in [2.75, 3.05) is 0 Å². The highest BCUT2D eigenvalue weighted by Gasteiger charge is 2.32. The van der Waals surface area contributed by atoms with Crippen molar-refractivity contribution in [2.24, 2.45) is 7.05 Å². The first kappa shape index (κ1) is 17.1. The van der Waals surface area contributed by atoms with Crippen molar-refractivity contribution in [3.05, 3.63) is 53.4 Å². The molecule has 3 heterocycles. The van der Waals surface area contributed by atoms with Gasteiger partial charge in [-0.1, -0.05) is 0 Å². The lowest BCUT2D eigenvalue weighted by molar-refractivity contribution is 0.0926. The number of aryl methyl sites for hydroxylation is 2. The Morgan fingerprint density at radius 1 is 1.18 bits per heavy atom. The number of hydrogen-bond acceptors (Lipinski definition) is 4. The van der Waals surface area contributed by atoms with Crippen molar-refractivity contribution < 1.29 is 9.18 Å². The highest BCUT2D eigenvalue weighted by atomic mass is 19.1. The second-order valence-electron chi connectivity index (χ2n) is 7.61. The Balaban J connectivity index is 1.35. The molecular weight excluding hydrogens is 359 g/mol. The summed E-state index contributed by atoms with van der Waals surface area (Å²) in [7, 11) is 1.89. The van der Waals surface area contributed by atoms with E-state index in [1.165, 1.54) is 12.1 Å². The molecule has 2 aromatic heterocycles. The predicted molar refractivity (Wildman–Crippen MR) is 100 cm³/mol. The summed E-state index contributed by atoms with van der Waals surface area (Å²) >= 11 is 0. The highest BCUT2D eigenvalue weighted by Crippen LogP contribution is 2.41. The first-order valence-corrected chi connectivity index (χ1v) is 9.61. The summed E-state index contributed by atoms with van der Waals surface area (Å²) in [6.07, 6.45) is 5.45. The Morgan fingerprint density at radius 2 is 1.96 bits per heavy atom. The molecule has 1 amide bonds. The van der Waals surface area contributed by atoms with Crippen LogP contribution in [-0.4, -0.2) is 36.5 Å². The van der Waals surface area contributed by atoms with Gasteiger partial charge in [0.25, 0.3) is 5.91 Å². The van der Waals surface area contributed by atoms with Crippen LogP contribution in [0.5, 0.6) is 0 Å². The number of rotatable bonds is 4. The number of carbonyl (C=O) groups excluding carboxylic acids is 1. The summed E-state index contributed by atoms with van der Waals surface area (Å²) in [5.74, 6) is 1.70. The molecular formula is C20H21FN6O. The third-order valence-corrected chi connectivity index (χ3v) is 5.58. The van der Waals surface area contributed by atoms with Crippen LogP contribution in [0.25, 0.3) is 11.4 Å². The topological polar surface area (TPSA) is 77.6 Å². The molecule has 1 N–H and O–H groups in total. The quantitative estimate of drug-likeness (QED) is 0.754. The molecule has 5 rings (SSSR count). The van der Waals surface area contributed by atoms with Crippen molar-refractivity contribution in [2.45, 2.75) is 44.2 Å². The van der Waals surface area contributed by atoms with E-state index in [2.05, 4.69) is 20.6 Å². The molecule has 0 spiro atoms. The third kappa shape index (κ3) is 2.98. The number of nitrogens with one attached hydrogen (secondary N) is 1. The smallest absolute Gasteiger partial charge is 0.255 e. The summed E-state index contributed by atoms with van der Waals surface area (Å²) in [5.41, 5.74) is 2.53. The normalized spacial score (nSPS) is 18.7. The van der Waals surface area contributed by atoms with Gasteiger partial charge in [-0.3, -0.25) is 9.48 Å². The molecule has 2 aliphatic rings. The van der Waals surface area contributed by atoms with Gasteiger partial charge in [-0.2, -0.15) is 5.10 Å². The van der Waals surface area contributed by atoms with Gasteiger partial charge in [-0.15, -0.1) is 10.2 Å². The Labute approximate surface area is 161 Å². The van der Waals surface area contributed by atoms with Crippen molar-refractivity contribution in [1.29, 1.82) is 0 Å². The molecule has 1 fully saturated rings. The first-order valence-electron chi connectivity index (χ1n) is 9.61. The van der Waals surface area contributed by atoms with Gasteiger partial charge in [0.2, 0.25) is 0 Å². The van der Waals surface area contributed by atoms with E-state index in [-0.39, 0.29) is 17.8 Å². The maximum Gasteiger partial charge on any atom is 0.255 e. The second-order valence-corrected chi connectivity index (χ2v) is 7.61. The van der Waals surface area contributed by atoms with E-state index in [9.17, 15) is 9.18 Å². The number of benzene rings is 1. The van der Waals surface area contributed by atoms with E-state index in [1.54, 1.807) is 18.3 Å². The predicted octanol–water partition coefficient (Wildman–Crippen LogP) is 2.44. The van der Waals surface area contributed by atoms with E-state index >= 15 is 0 Å². The summed E-state index contributed by atoms with van der Waals surface area (Å²) in [6, 6.07) is 6.22. The fraction of sp³-hybridized carbons (Fsp3) is 0.400. The van der Waals surface area contributed by atoms with Gasteiger partial charge in [0.15, 0.2) is 5.82 Å².